The molecule has 0 bridgehead atoms. The van der Waals surface area contributed by atoms with E-state index in [1.165, 1.54) is 75.3 Å². The zero-order valence-electron chi connectivity index (χ0n) is 18.0. The number of hydrogen-bond acceptors (Lipinski definition) is 1. The Labute approximate surface area is 173 Å². The second kappa shape index (κ2) is 11.6. The Morgan fingerprint density at radius 3 is 2.18 bits per heavy atom. The largest absolute Gasteiger partial charge is 0.373 e. The summed E-state index contributed by atoms with van der Waals surface area (Å²) in [4.78, 5) is 0. The summed E-state index contributed by atoms with van der Waals surface area (Å²) in [6, 6.07) is 9.17. The van der Waals surface area contributed by atoms with E-state index in [0.29, 0.717) is 13.2 Å². The molecule has 1 aromatic carbocycles. The summed E-state index contributed by atoms with van der Waals surface area (Å²) >= 11 is 0. The second-order valence-corrected chi connectivity index (χ2v) is 9.05. The van der Waals surface area contributed by atoms with Crippen LogP contribution in [0.1, 0.15) is 88.2 Å². The van der Waals surface area contributed by atoms with Gasteiger partial charge < -0.3 is 4.74 Å². The molecule has 154 valence electrons. The van der Waals surface area contributed by atoms with Crippen LogP contribution in [0.3, 0.4) is 0 Å². The molecule has 0 N–H and O–H groups in total. The Bertz CT molecular complexity index is 583. The van der Waals surface area contributed by atoms with E-state index < -0.39 is 0 Å². The van der Waals surface area contributed by atoms with Gasteiger partial charge in [-0.2, -0.15) is 0 Å². The molecule has 0 atom stereocenters. The lowest BCUT2D eigenvalue weighted by molar-refractivity contribution is 0.149. The minimum absolute atomic E-state index is 0.628. The zero-order valence-corrected chi connectivity index (χ0v) is 18.0. The third kappa shape index (κ3) is 6.34. The van der Waals surface area contributed by atoms with Gasteiger partial charge in [-0.25, -0.2) is 0 Å². The van der Waals surface area contributed by atoms with Gasteiger partial charge in [0.05, 0.1) is 13.2 Å². The van der Waals surface area contributed by atoms with Crippen molar-refractivity contribution in [3.8, 4) is 0 Å². The summed E-state index contributed by atoms with van der Waals surface area (Å²) in [6.45, 7) is 7.28. The lowest BCUT2D eigenvalue weighted by Crippen LogP contribution is -2.25. The Morgan fingerprint density at radius 2 is 1.57 bits per heavy atom. The van der Waals surface area contributed by atoms with E-state index in [2.05, 4.69) is 49.9 Å². The summed E-state index contributed by atoms with van der Waals surface area (Å²) in [5.41, 5.74) is 2.81. The fourth-order valence-corrected chi connectivity index (χ4v) is 5.33. The number of rotatable bonds is 9. The average molecular weight is 381 g/mol. The summed E-state index contributed by atoms with van der Waals surface area (Å²) in [5.74, 6) is 3.63. The highest BCUT2D eigenvalue weighted by Gasteiger charge is 2.30. The van der Waals surface area contributed by atoms with Crippen LogP contribution in [-0.4, -0.2) is 6.61 Å². The lowest BCUT2D eigenvalue weighted by atomic mass is 9.68. The molecule has 0 amide bonds. The van der Waals surface area contributed by atoms with Crippen LogP contribution in [0.2, 0.25) is 0 Å². The van der Waals surface area contributed by atoms with Gasteiger partial charge in [0.25, 0.3) is 0 Å². The van der Waals surface area contributed by atoms with Crippen LogP contribution in [0.4, 0.5) is 0 Å². The molecule has 0 unspecified atom stereocenters. The lowest BCUT2D eigenvalue weighted by Gasteiger charge is -2.37. The van der Waals surface area contributed by atoms with Gasteiger partial charge in [0, 0.05) is 0 Å². The van der Waals surface area contributed by atoms with E-state index in [9.17, 15) is 0 Å². The molecule has 1 aromatic rings. The van der Waals surface area contributed by atoms with Crippen molar-refractivity contribution in [2.75, 3.05) is 6.61 Å². The second-order valence-electron chi connectivity index (χ2n) is 9.05. The molecular weight excluding hydrogens is 340 g/mol. The topological polar surface area (TPSA) is 9.23 Å². The van der Waals surface area contributed by atoms with Crippen molar-refractivity contribution < 1.29 is 4.74 Å². The Hall–Kier alpha value is -1.34. The van der Waals surface area contributed by atoms with Gasteiger partial charge in [-0.1, -0.05) is 55.8 Å². The first-order valence-corrected chi connectivity index (χ1v) is 11.7. The fourth-order valence-electron chi connectivity index (χ4n) is 5.33. The summed E-state index contributed by atoms with van der Waals surface area (Å²) in [5, 5.41) is 0. The Balaban J connectivity index is 1.40. The quantitative estimate of drug-likeness (QED) is 0.313. The number of allylic oxidation sites excluding steroid dienone is 2. The minimum Gasteiger partial charge on any atom is -0.373 e. The summed E-state index contributed by atoms with van der Waals surface area (Å²) in [6.07, 6.45) is 20.7. The van der Waals surface area contributed by atoms with Gasteiger partial charge in [0.2, 0.25) is 0 Å². The van der Waals surface area contributed by atoms with Gasteiger partial charge in [0.15, 0.2) is 0 Å². The Kier molecular flexibility index (Phi) is 8.86. The van der Waals surface area contributed by atoms with E-state index in [4.69, 9.17) is 4.74 Å². The molecule has 3 rings (SSSR count). The van der Waals surface area contributed by atoms with Crippen LogP contribution in [-0.2, 0) is 11.3 Å². The van der Waals surface area contributed by atoms with Crippen LogP contribution in [0.5, 0.6) is 0 Å². The molecular formula is C27H40O. The molecule has 0 spiro atoms. The van der Waals surface area contributed by atoms with E-state index in [0.717, 1.165) is 23.7 Å². The minimum atomic E-state index is 0.628. The molecule has 1 heteroatoms. The SMILES string of the molecule is C=CCOCc1ccc(C2CCC(C3CCC(C=CCCC)CC3)CC2)cc1. The third-order valence-corrected chi connectivity index (χ3v) is 7.07. The first-order chi connectivity index (χ1) is 13.8. The molecule has 1 nitrogen and oxygen atoms in total. The van der Waals surface area contributed by atoms with Crippen LogP contribution < -0.4 is 0 Å². The number of ether oxygens (including phenoxy) is 1. The van der Waals surface area contributed by atoms with Crippen molar-refractivity contribution in [1.29, 1.82) is 0 Å². The van der Waals surface area contributed by atoms with E-state index in [-0.39, 0.29) is 0 Å². The summed E-state index contributed by atoms with van der Waals surface area (Å²) < 4.78 is 5.55. The van der Waals surface area contributed by atoms with Gasteiger partial charge in [0.1, 0.15) is 0 Å². The molecule has 0 aliphatic heterocycles. The van der Waals surface area contributed by atoms with Crippen molar-refractivity contribution in [2.45, 2.75) is 83.7 Å². The first kappa shape index (κ1) is 21.4. The number of hydrogen-bond donors (Lipinski definition) is 0. The van der Waals surface area contributed by atoms with E-state index in [1.807, 2.05) is 6.08 Å². The van der Waals surface area contributed by atoms with Crippen LogP contribution in [0.15, 0.2) is 49.1 Å². The average Bonchev–Trinajstić information content (AvgIpc) is 2.75. The molecule has 0 aromatic heterocycles. The Morgan fingerprint density at radius 1 is 0.929 bits per heavy atom. The van der Waals surface area contributed by atoms with Crippen LogP contribution in [0, 0.1) is 17.8 Å². The smallest absolute Gasteiger partial charge is 0.0721 e. The maximum Gasteiger partial charge on any atom is 0.0721 e. The van der Waals surface area contributed by atoms with Crippen molar-refractivity contribution in [3.63, 3.8) is 0 Å². The third-order valence-electron chi connectivity index (χ3n) is 7.07. The van der Waals surface area contributed by atoms with Gasteiger partial charge in [-0.15, -0.1) is 6.58 Å². The predicted octanol–water partition coefficient (Wildman–Crippen LogP) is 7.83. The molecule has 0 radical (unpaired) electrons. The standard InChI is InChI=1S/C27H40O/c1-3-5-6-7-22-8-12-24(13-9-22)26-16-18-27(19-17-26)25-14-10-23(11-15-25)21-28-20-4-2/h4,6-7,10-11,14-15,22,24,26-27H,2-3,5,8-9,12-13,16-21H2,1H3. The fraction of sp³-hybridized carbons (Fsp3) is 0.630. The van der Waals surface area contributed by atoms with Gasteiger partial charge in [-0.3, -0.25) is 0 Å². The molecule has 0 saturated heterocycles. The molecule has 2 aliphatic rings. The summed E-state index contributed by atoms with van der Waals surface area (Å²) in [7, 11) is 0. The van der Waals surface area contributed by atoms with Crippen molar-refractivity contribution in [1.82, 2.24) is 0 Å². The van der Waals surface area contributed by atoms with Crippen molar-refractivity contribution in [3.05, 3.63) is 60.2 Å². The highest BCUT2D eigenvalue weighted by atomic mass is 16.5. The zero-order chi connectivity index (χ0) is 19.6. The maximum absolute atomic E-state index is 5.55. The van der Waals surface area contributed by atoms with Crippen LogP contribution >= 0.6 is 0 Å². The predicted molar refractivity (Wildman–Crippen MR) is 120 cm³/mol. The monoisotopic (exact) mass is 380 g/mol. The van der Waals surface area contributed by atoms with Crippen molar-refractivity contribution in [2.24, 2.45) is 17.8 Å². The highest BCUT2D eigenvalue weighted by molar-refractivity contribution is 5.25. The number of unbranched alkanes of at least 4 members (excludes halogenated alkanes) is 1. The number of benzene rings is 1. The molecule has 2 aliphatic carbocycles. The molecule has 2 fully saturated rings. The molecule has 0 heterocycles. The van der Waals surface area contributed by atoms with Crippen LogP contribution in [0.25, 0.3) is 0 Å². The van der Waals surface area contributed by atoms with E-state index >= 15 is 0 Å². The normalized spacial score (nSPS) is 28.5. The van der Waals surface area contributed by atoms with Gasteiger partial charge in [-0.05, 0) is 92.6 Å². The highest BCUT2D eigenvalue weighted by Crippen LogP contribution is 2.44. The van der Waals surface area contributed by atoms with Gasteiger partial charge >= 0.3 is 0 Å². The van der Waals surface area contributed by atoms with E-state index in [1.54, 1.807) is 0 Å². The van der Waals surface area contributed by atoms with Crippen molar-refractivity contribution >= 4 is 0 Å². The molecule has 28 heavy (non-hydrogen) atoms. The first-order valence-electron chi connectivity index (χ1n) is 11.7. The molecule has 2 saturated carbocycles. The maximum atomic E-state index is 5.55.